The summed E-state index contributed by atoms with van der Waals surface area (Å²) < 4.78 is 6.51. The molecule has 2 atom stereocenters. The highest BCUT2D eigenvalue weighted by atomic mass is 16.5. The maximum absolute atomic E-state index is 12.5. The van der Waals surface area contributed by atoms with Crippen molar-refractivity contribution in [3.8, 4) is 5.69 Å². The fraction of sp³-hybridized carbons (Fsp3) is 0.389. The normalized spacial score (nSPS) is 19.6. The lowest BCUT2D eigenvalue weighted by Crippen LogP contribution is -2.23. The molecule has 1 amide bonds. The van der Waals surface area contributed by atoms with Gasteiger partial charge in [-0.2, -0.15) is 5.10 Å². The number of ether oxygens (including phenoxy) is 1. The van der Waals surface area contributed by atoms with Crippen molar-refractivity contribution >= 4 is 17.6 Å². The molecule has 0 aliphatic heterocycles. The van der Waals surface area contributed by atoms with E-state index in [4.69, 9.17) is 10.5 Å². The van der Waals surface area contributed by atoms with E-state index in [0.717, 1.165) is 12.8 Å². The summed E-state index contributed by atoms with van der Waals surface area (Å²) in [6, 6.07) is 9.03. The Kier molecular flexibility index (Phi) is 5.14. The summed E-state index contributed by atoms with van der Waals surface area (Å²) in [6.07, 6.45) is 4.07. The predicted molar refractivity (Wildman–Crippen MR) is 93.5 cm³/mol. The first kappa shape index (κ1) is 17.2. The Morgan fingerprint density at radius 2 is 2.12 bits per heavy atom. The van der Waals surface area contributed by atoms with Gasteiger partial charge in [0.2, 0.25) is 5.91 Å². The third kappa shape index (κ3) is 3.88. The van der Waals surface area contributed by atoms with Gasteiger partial charge in [0.25, 0.3) is 0 Å². The number of amides is 1. The van der Waals surface area contributed by atoms with Gasteiger partial charge in [-0.15, -0.1) is 0 Å². The van der Waals surface area contributed by atoms with Gasteiger partial charge < -0.3 is 15.8 Å². The third-order valence-corrected chi connectivity index (χ3v) is 4.33. The molecule has 1 aliphatic rings. The zero-order valence-electron chi connectivity index (χ0n) is 14.1. The molecule has 3 N–H and O–H groups in total. The van der Waals surface area contributed by atoms with Gasteiger partial charge in [-0.1, -0.05) is 12.1 Å². The molecular weight excluding hydrogens is 320 g/mol. The van der Waals surface area contributed by atoms with Crippen molar-refractivity contribution in [3.05, 3.63) is 42.2 Å². The van der Waals surface area contributed by atoms with Gasteiger partial charge in [0.15, 0.2) is 5.69 Å². The highest BCUT2D eigenvalue weighted by Crippen LogP contribution is 2.27. The van der Waals surface area contributed by atoms with E-state index in [-0.39, 0.29) is 23.6 Å². The van der Waals surface area contributed by atoms with Gasteiger partial charge in [-0.25, -0.2) is 9.48 Å². The van der Waals surface area contributed by atoms with Gasteiger partial charge in [0.05, 0.1) is 18.0 Å². The lowest BCUT2D eigenvalue weighted by Gasteiger charge is -2.14. The second kappa shape index (κ2) is 7.48. The maximum Gasteiger partial charge on any atom is 0.358 e. The minimum Gasteiger partial charge on any atom is -0.461 e. The summed E-state index contributed by atoms with van der Waals surface area (Å²) in [4.78, 5) is 24.2. The average molecular weight is 342 g/mol. The molecule has 1 aromatic carbocycles. The molecule has 1 fully saturated rings. The number of rotatable bonds is 5. The highest BCUT2D eigenvalue weighted by Gasteiger charge is 2.28. The van der Waals surface area contributed by atoms with Gasteiger partial charge in [-0.05, 0) is 44.4 Å². The fourth-order valence-electron chi connectivity index (χ4n) is 3.04. The number of nitrogens with one attached hydrogen (secondary N) is 1. The molecular formula is C18H22N4O3. The first-order valence-corrected chi connectivity index (χ1v) is 8.47. The summed E-state index contributed by atoms with van der Waals surface area (Å²) in [5.74, 6) is -0.559. The van der Waals surface area contributed by atoms with E-state index in [1.165, 1.54) is 0 Å². The number of hydrogen-bond donors (Lipinski definition) is 2. The van der Waals surface area contributed by atoms with Crippen LogP contribution in [0.1, 0.15) is 36.7 Å². The maximum atomic E-state index is 12.5. The van der Waals surface area contributed by atoms with Crippen LogP contribution in [0.2, 0.25) is 0 Å². The Labute approximate surface area is 146 Å². The van der Waals surface area contributed by atoms with Crippen LogP contribution in [-0.4, -0.2) is 34.3 Å². The molecule has 7 nitrogen and oxygen atoms in total. The number of para-hydroxylation sites is 2. The second-order valence-electron chi connectivity index (χ2n) is 6.14. The molecule has 2 aromatic rings. The Hall–Kier alpha value is -2.67. The highest BCUT2D eigenvalue weighted by molar-refractivity contribution is 5.94. The van der Waals surface area contributed by atoms with E-state index in [0.29, 0.717) is 24.4 Å². The van der Waals surface area contributed by atoms with Gasteiger partial charge in [0, 0.05) is 18.2 Å². The molecule has 2 unspecified atom stereocenters. The molecule has 1 aromatic heterocycles. The van der Waals surface area contributed by atoms with E-state index in [9.17, 15) is 9.59 Å². The fourth-order valence-corrected chi connectivity index (χ4v) is 3.04. The van der Waals surface area contributed by atoms with Crippen LogP contribution < -0.4 is 11.1 Å². The number of nitrogens with zero attached hydrogens (tertiary/aromatic N) is 2. The number of carbonyl (C=O) groups is 2. The van der Waals surface area contributed by atoms with Crippen LogP contribution in [0.4, 0.5) is 5.69 Å². The predicted octanol–water partition coefficient (Wildman–Crippen LogP) is 2.11. The molecule has 3 rings (SSSR count). The van der Waals surface area contributed by atoms with Crippen molar-refractivity contribution in [2.24, 2.45) is 11.7 Å². The van der Waals surface area contributed by atoms with Gasteiger partial charge in [-0.3, -0.25) is 4.79 Å². The van der Waals surface area contributed by atoms with Crippen LogP contribution in [0.25, 0.3) is 5.69 Å². The van der Waals surface area contributed by atoms with Crippen molar-refractivity contribution in [2.45, 2.75) is 32.2 Å². The first-order valence-electron chi connectivity index (χ1n) is 8.47. The number of nitrogens with two attached hydrogens (primary N) is 1. The standard InChI is InChI=1S/C18H22N4O3/c1-2-25-18(24)15-9-10-22(21-15)16-6-4-3-5-14(16)20-17(23)12-7-8-13(19)11-12/h3-6,9-10,12-13H,2,7-8,11,19H2,1H3,(H,20,23). The van der Waals surface area contributed by atoms with Crippen molar-refractivity contribution in [1.82, 2.24) is 9.78 Å². The SMILES string of the molecule is CCOC(=O)c1ccn(-c2ccccc2NC(=O)C2CCC(N)C2)n1. The van der Waals surface area contributed by atoms with E-state index >= 15 is 0 Å². The number of esters is 1. The van der Waals surface area contributed by atoms with Crippen LogP contribution in [0.3, 0.4) is 0 Å². The quantitative estimate of drug-likeness (QED) is 0.811. The average Bonchev–Trinajstić information content (AvgIpc) is 3.25. The van der Waals surface area contributed by atoms with Gasteiger partial charge >= 0.3 is 5.97 Å². The smallest absolute Gasteiger partial charge is 0.358 e. The second-order valence-corrected chi connectivity index (χ2v) is 6.14. The summed E-state index contributed by atoms with van der Waals surface area (Å²) in [5, 5.41) is 7.21. The summed E-state index contributed by atoms with van der Waals surface area (Å²) in [5.41, 5.74) is 7.46. The number of hydrogen-bond acceptors (Lipinski definition) is 5. The van der Waals surface area contributed by atoms with Gasteiger partial charge in [0.1, 0.15) is 0 Å². The monoisotopic (exact) mass is 342 g/mol. The zero-order chi connectivity index (χ0) is 17.8. The molecule has 1 saturated carbocycles. The van der Waals surface area contributed by atoms with Crippen molar-refractivity contribution < 1.29 is 14.3 Å². The summed E-state index contributed by atoms with van der Waals surface area (Å²) >= 11 is 0. The van der Waals surface area contributed by atoms with Crippen LogP contribution in [-0.2, 0) is 9.53 Å². The third-order valence-electron chi connectivity index (χ3n) is 4.33. The first-order chi connectivity index (χ1) is 12.1. The molecule has 0 radical (unpaired) electrons. The van der Waals surface area contributed by atoms with E-state index in [2.05, 4.69) is 10.4 Å². The molecule has 1 heterocycles. The lowest BCUT2D eigenvalue weighted by atomic mass is 10.1. The van der Waals surface area contributed by atoms with E-state index in [1.807, 2.05) is 24.3 Å². The molecule has 25 heavy (non-hydrogen) atoms. The van der Waals surface area contributed by atoms with Crippen LogP contribution in [0, 0.1) is 5.92 Å². The Balaban J connectivity index is 1.79. The van der Waals surface area contributed by atoms with Crippen LogP contribution in [0.5, 0.6) is 0 Å². The molecule has 0 saturated heterocycles. The minimum atomic E-state index is -0.470. The number of carbonyl (C=O) groups excluding carboxylic acids is 2. The Morgan fingerprint density at radius 3 is 2.84 bits per heavy atom. The summed E-state index contributed by atoms with van der Waals surface area (Å²) in [6.45, 7) is 2.04. The van der Waals surface area contributed by atoms with Crippen molar-refractivity contribution in [3.63, 3.8) is 0 Å². The zero-order valence-corrected chi connectivity index (χ0v) is 14.1. The lowest BCUT2D eigenvalue weighted by molar-refractivity contribution is -0.119. The van der Waals surface area contributed by atoms with E-state index < -0.39 is 5.97 Å². The van der Waals surface area contributed by atoms with E-state index in [1.54, 1.807) is 23.9 Å². The number of benzene rings is 1. The number of aromatic nitrogens is 2. The molecule has 132 valence electrons. The molecule has 1 aliphatic carbocycles. The molecule has 0 bridgehead atoms. The Morgan fingerprint density at radius 1 is 1.32 bits per heavy atom. The topological polar surface area (TPSA) is 99.2 Å². The van der Waals surface area contributed by atoms with Crippen molar-refractivity contribution in [1.29, 1.82) is 0 Å². The Bertz CT molecular complexity index is 771. The van der Waals surface area contributed by atoms with Crippen LogP contribution in [0.15, 0.2) is 36.5 Å². The largest absolute Gasteiger partial charge is 0.461 e. The van der Waals surface area contributed by atoms with Crippen molar-refractivity contribution in [2.75, 3.05) is 11.9 Å². The molecule has 7 heteroatoms. The summed E-state index contributed by atoms with van der Waals surface area (Å²) in [7, 11) is 0. The number of anilines is 1. The molecule has 0 spiro atoms. The minimum absolute atomic E-state index is 0.0295. The van der Waals surface area contributed by atoms with Crippen LogP contribution >= 0.6 is 0 Å².